The molecule has 1 saturated heterocycles. The molecule has 3 nitrogen and oxygen atoms in total. The first-order valence-electron chi connectivity index (χ1n) is 9.02. The van der Waals surface area contributed by atoms with E-state index in [1.165, 1.54) is 25.0 Å². The second-order valence-electron chi connectivity index (χ2n) is 7.12. The zero-order valence-electron chi connectivity index (χ0n) is 14.3. The fourth-order valence-electron chi connectivity index (χ4n) is 3.09. The number of thioether (sulfide) groups is 1. The molecule has 0 spiro atoms. The van der Waals surface area contributed by atoms with Gasteiger partial charge in [0.2, 0.25) is 5.91 Å². The number of halogens is 1. The van der Waals surface area contributed by atoms with Gasteiger partial charge in [0.05, 0.1) is 0 Å². The lowest BCUT2D eigenvalue weighted by Gasteiger charge is -2.34. The third-order valence-electron chi connectivity index (χ3n) is 4.93. The molecule has 1 aliphatic heterocycles. The van der Waals surface area contributed by atoms with Crippen molar-refractivity contribution in [3.8, 4) is 0 Å². The van der Waals surface area contributed by atoms with Crippen molar-refractivity contribution < 1.29 is 9.18 Å². The minimum absolute atomic E-state index is 0.00368. The number of benzene rings is 1. The largest absolute Gasteiger partial charge is 0.342 e. The van der Waals surface area contributed by atoms with Crippen molar-refractivity contribution in [3.63, 3.8) is 0 Å². The van der Waals surface area contributed by atoms with Gasteiger partial charge in [-0.05, 0) is 62.4 Å². The Bertz CT molecular complexity index is 539. The minimum Gasteiger partial charge on any atom is -0.342 e. The van der Waals surface area contributed by atoms with E-state index in [9.17, 15) is 9.18 Å². The summed E-state index contributed by atoms with van der Waals surface area (Å²) in [6.45, 7) is 4.89. The van der Waals surface area contributed by atoms with Crippen LogP contribution in [0.3, 0.4) is 0 Å². The van der Waals surface area contributed by atoms with Crippen LogP contribution < -0.4 is 5.32 Å². The van der Waals surface area contributed by atoms with E-state index in [4.69, 9.17) is 0 Å². The molecule has 1 amide bonds. The number of rotatable bonds is 7. The molecule has 1 N–H and O–H groups in total. The van der Waals surface area contributed by atoms with Crippen LogP contribution in [-0.2, 0) is 4.79 Å². The fourth-order valence-corrected chi connectivity index (χ4v) is 4.01. The van der Waals surface area contributed by atoms with E-state index < -0.39 is 0 Å². The number of piperidine rings is 1. The highest BCUT2D eigenvalue weighted by molar-refractivity contribution is 7.99. The lowest BCUT2D eigenvalue weighted by atomic mass is 10.0. The molecule has 3 rings (SSSR count). The summed E-state index contributed by atoms with van der Waals surface area (Å²) in [5.74, 6) is 1.68. The van der Waals surface area contributed by atoms with E-state index in [2.05, 4.69) is 5.32 Å². The molecule has 1 aromatic carbocycles. The average Bonchev–Trinajstić information content (AvgIpc) is 3.43. The van der Waals surface area contributed by atoms with Gasteiger partial charge < -0.3 is 10.2 Å². The Morgan fingerprint density at radius 2 is 1.92 bits per heavy atom. The standard InChI is InChI=1S/C19H27FN2OS/c1-14(13-24-18-6-4-16(20)5-7-18)19(23)22-10-8-17(9-11-22)21-12-15-2-3-15/h4-7,14-15,17,21H,2-3,8-13H2,1H3. The first kappa shape index (κ1) is 17.7. The molecule has 1 unspecified atom stereocenters. The van der Waals surface area contributed by atoms with Gasteiger partial charge in [-0.3, -0.25) is 4.79 Å². The van der Waals surface area contributed by atoms with E-state index in [-0.39, 0.29) is 17.6 Å². The van der Waals surface area contributed by atoms with Gasteiger partial charge in [0, 0.05) is 35.7 Å². The molecule has 1 saturated carbocycles. The van der Waals surface area contributed by atoms with Crippen LogP contribution in [0.25, 0.3) is 0 Å². The maximum atomic E-state index is 12.9. The average molecular weight is 351 g/mol. The van der Waals surface area contributed by atoms with E-state index >= 15 is 0 Å². The second-order valence-corrected chi connectivity index (χ2v) is 8.21. The van der Waals surface area contributed by atoms with Crippen LogP contribution in [0.15, 0.2) is 29.2 Å². The molecular formula is C19H27FN2OS. The third kappa shape index (κ3) is 5.21. The van der Waals surface area contributed by atoms with E-state index in [0.717, 1.165) is 49.0 Å². The normalized spacial score (nSPS) is 20.2. The van der Waals surface area contributed by atoms with Crippen LogP contribution in [-0.4, -0.2) is 42.2 Å². The summed E-state index contributed by atoms with van der Waals surface area (Å²) in [5.41, 5.74) is 0. The van der Waals surface area contributed by atoms with Crippen molar-refractivity contribution in [2.24, 2.45) is 11.8 Å². The first-order chi connectivity index (χ1) is 11.6. The third-order valence-corrected chi connectivity index (χ3v) is 6.21. The van der Waals surface area contributed by atoms with Gasteiger partial charge >= 0.3 is 0 Å². The van der Waals surface area contributed by atoms with Crippen molar-refractivity contribution >= 4 is 17.7 Å². The highest BCUT2D eigenvalue weighted by Gasteiger charge is 2.27. The van der Waals surface area contributed by atoms with Crippen molar-refractivity contribution in [2.75, 3.05) is 25.4 Å². The number of likely N-dealkylation sites (tertiary alicyclic amines) is 1. The molecule has 2 aliphatic rings. The Balaban J connectivity index is 1.38. The fraction of sp³-hybridized carbons (Fsp3) is 0.632. The van der Waals surface area contributed by atoms with Gasteiger partial charge in [-0.1, -0.05) is 6.92 Å². The predicted molar refractivity (Wildman–Crippen MR) is 96.6 cm³/mol. The molecule has 0 aromatic heterocycles. The minimum atomic E-state index is -0.221. The Labute approximate surface area is 148 Å². The Kier molecular flexibility index (Phi) is 6.17. The van der Waals surface area contributed by atoms with Gasteiger partial charge in [0.25, 0.3) is 0 Å². The lowest BCUT2D eigenvalue weighted by Crippen LogP contribution is -2.47. The molecule has 0 bridgehead atoms. The van der Waals surface area contributed by atoms with Crippen molar-refractivity contribution in [1.29, 1.82) is 0 Å². The summed E-state index contributed by atoms with van der Waals surface area (Å²) in [7, 11) is 0. The first-order valence-corrected chi connectivity index (χ1v) is 10.0. The number of nitrogens with one attached hydrogen (secondary N) is 1. The molecule has 1 aromatic rings. The Hall–Kier alpha value is -1.07. The van der Waals surface area contributed by atoms with Crippen LogP contribution >= 0.6 is 11.8 Å². The van der Waals surface area contributed by atoms with Crippen LogP contribution in [0.5, 0.6) is 0 Å². The summed E-state index contributed by atoms with van der Waals surface area (Å²) < 4.78 is 12.9. The molecular weight excluding hydrogens is 323 g/mol. The van der Waals surface area contributed by atoms with Crippen molar-refractivity contribution in [3.05, 3.63) is 30.1 Å². The summed E-state index contributed by atoms with van der Waals surface area (Å²) in [6.07, 6.45) is 4.90. The van der Waals surface area contributed by atoms with E-state index in [1.807, 2.05) is 11.8 Å². The molecule has 132 valence electrons. The molecule has 1 heterocycles. The van der Waals surface area contributed by atoms with Gasteiger partial charge in [-0.2, -0.15) is 0 Å². The second kappa shape index (κ2) is 8.34. The number of amides is 1. The van der Waals surface area contributed by atoms with E-state index in [1.54, 1.807) is 23.9 Å². The summed E-state index contributed by atoms with van der Waals surface area (Å²) >= 11 is 1.62. The van der Waals surface area contributed by atoms with Crippen molar-refractivity contribution in [2.45, 2.75) is 43.5 Å². The highest BCUT2D eigenvalue weighted by atomic mass is 32.2. The quantitative estimate of drug-likeness (QED) is 0.764. The summed E-state index contributed by atoms with van der Waals surface area (Å²) in [6, 6.07) is 7.06. The topological polar surface area (TPSA) is 32.3 Å². The zero-order valence-corrected chi connectivity index (χ0v) is 15.2. The zero-order chi connectivity index (χ0) is 16.9. The van der Waals surface area contributed by atoms with Gasteiger partial charge in [-0.25, -0.2) is 4.39 Å². The summed E-state index contributed by atoms with van der Waals surface area (Å²) in [5, 5.41) is 3.65. The number of carbonyl (C=O) groups is 1. The predicted octanol–water partition coefficient (Wildman–Crippen LogP) is 3.54. The molecule has 1 atom stereocenters. The maximum Gasteiger partial charge on any atom is 0.226 e. The maximum absolute atomic E-state index is 12.9. The Morgan fingerprint density at radius 1 is 1.25 bits per heavy atom. The number of hydrogen-bond donors (Lipinski definition) is 1. The van der Waals surface area contributed by atoms with Crippen LogP contribution in [0.1, 0.15) is 32.6 Å². The molecule has 1 aliphatic carbocycles. The van der Waals surface area contributed by atoms with Gasteiger partial charge in [0.1, 0.15) is 5.82 Å². The van der Waals surface area contributed by atoms with Crippen LogP contribution in [0, 0.1) is 17.7 Å². The van der Waals surface area contributed by atoms with Crippen LogP contribution in [0.4, 0.5) is 4.39 Å². The molecule has 0 radical (unpaired) electrons. The molecule has 24 heavy (non-hydrogen) atoms. The summed E-state index contributed by atoms with van der Waals surface area (Å²) in [4.78, 5) is 15.6. The number of nitrogens with zero attached hydrogens (tertiary/aromatic N) is 1. The Morgan fingerprint density at radius 3 is 2.54 bits per heavy atom. The van der Waals surface area contributed by atoms with Crippen LogP contribution in [0.2, 0.25) is 0 Å². The van der Waals surface area contributed by atoms with Gasteiger partial charge in [0.15, 0.2) is 0 Å². The molecule has 5 heteroatoms. The lowest BCUT2D eigenvalue weighted by molar-refractivity contribution is -0.135. The van der Waals surface area contributed by atoms with E-state index in [0.29, 0.717) is 6.04 Å². The van der Waals surface area contributed by atoms with Gasteiger partial charge in [-0.15, -0.1) is 11.8 Å². The highest BCUT2D eigenvalue weighted by Crippen LogP contribution is 2.28. The van der Waals surface area contributed by atoms with Crippen molar-refractivity contribution in [1.82, 2.24) is 10.2 Å². The number of carbonyl (C=O) groups excluding carboxylic acids is 1. The monoisotopic (exact) mass is 350 g/mol. The smallest absolute Gasteiger partial charge is 0.226 e. The number of hydrogen-bond acceptors (Lipinski definition) is 3. The molecule has 2 fully saturated rings. The SMILES string of the molecule is CC(CSc1ccc(F)cc1)C(=O)N1CCC(NCC2CC2)CC1.